The Morgan fingerprint density at radius 2 is 2.23 bits per heavy atom. The van der Waals surface area contributed by atoms with E-state index in [-0.39, 0.29) is 11.9 Å². The van der Waals surface area contributed by atoms with Crippen LogP contribution in [0.25, 0.3) is 0 Å². The van der Waals surface area contributed by atoms with E-state index >= 15 is 0 Å². The van der Waals surface area contributed by atoms with Gasteiger partial charge in [0.2, 0.25) is 0 Å². The van der Waals surface area contributed by atoms with Gasteiger partial charge < -0.3 is 9.84 Å². The number of hydrogen-bond donors (Lipinski definition) is 1. The molecule has 72 valence electrons. The number of hydrogen-bond acceptors (Lipinski definition) is 3. The number of ether oxygens (including phenoxy) is 1. The summed E-state index contributed by atoms with van der Waals surface area (Å²) < 4.78 is 4.53. The first-order valence-electron chi connectivity index (χ1n) is 4.12. The van der Waals surface area contributed by atoms with E-state index in [0.717, 1.165) is 0 Å². The fraction of sp³-hybridized carbons (Fsp3) is 0.556. The number of carbonyl (C=O) groups is 2. The SMILES string of the molecule is COC(=O)C1C=CCC(C(=O)O)C1. The number of carboxylic acid groups (broad SMARTS) is 1. The third-order valence-electron chi connectivity index (χ3n) is 2.18. The molecule has 0 bridgehead atoms. The van der Waals surface area contributed by atoms with Gasteiger partial charge in [-0.2, -0.15) is 0 Å². The maximum absolute atomic E-state index is 11.1. The molecule has 0 aromatic heterocycles. The van der Waals surface area contributed by atoms with Crippen LogP contribution in [0.2, 0.25) is 0 Å². The van der Waals surface area contributed by atoms with Gasteiger partial charge in [-0.05, 0) is 12.8 Å². The Hall–Kier alpha value is -1.32. The Morgan fingerprint density at radius 3 is 2.77 bits per heavy atom. The van der Waals surface area contributed by atoms with Gasteiger partial charge in [-0.1, -0.05) is 12.2 Å². The summed E-state index contributed by atoms with van der Waals surface area (Å²) in [6.07, 6.45) is 4.29. The molecule has 4 nitrogen and oxygen atoms in total. The van der Waals surface area contributed by atoms with E-state index in [1.165, 1.54) is 7.11 Å². The van der Waals surface area contributed by atoms with Gasteiger partial charge in [0.05, 0.1) is 18.9 Å². The van der Waals surface area contributed by atoms with Crippen LogP contribution in [0.3, 0.4) is 0 Å². The summed E-state index contributed by atoms with van der Waals surface area (Å²) in [6, 6.07) is 0. The lowest BCUT2D eigenvalue weighted by Crippen LogP contribution is -2.25. The first-order valence-corrected chi connectivity index (χ1v) is 4.12. The Kier molecular flexibility index (Phi) is 3.06. The summed E-state index contributed by atoms with van der Waals surface area (Å²) in [5.74, 6) is -2.05. The zero-order valence-electron chi connectivity index (χ0n) is 7.40. The molecule has 2 unspecified atom stereocenters. The van der Waals surface area contributed by atoms with E-state index in [0.29, 0.717) is 12.8 Å². The van der Waals surface area contributed by atoms with E-state index < -0.39 is 11.9 Å². The second-order valence-corrected chi connectivity index (χ2v) is 3.06. The van der Waals surface area contributed by atoms with Crippen molar-refractivity contribution < 1.29 is 19.4 Å². The fourth-order valence-corrected chi connectivity index (χ4v) is 1.42. The summed E-state index contributed by atoms with van der Waals surface area (Å²) in [4.78, 5) is 21.7. The van der Waals surface area contributed by atoms with Crippen LogP contribution in [0.1, 0.15) is 12.8 Å². The van der Waals surface area contributed by atoms with Crippen molar-refractivity contribution in [2.75, 3.05) is 7.11 Å². The van der Waals surface area contributed by atoms with Crippen LogP contribution in [0.15, 0.2) is 12.2 Å². The van der Waals surface area contributed by atoms with Crippen molar-refractivity contribution in [2.24, 2.45) is 11.8 Å². The van der Waals surface area contributed by atoms with Crippen molar-refractivity contribution in [3.8, 4) is 0 Å². The number of rotatable bonds is 2. The molecule has 0 fully saturated rings. The number of carbonyl (C=O) groups excluding carboxylic acids is 1. The minimum absolute atomic E-state index is 0.346. The Labute approximate surface area is 76.2 Å². The van der Waals surface area contributed by atoms with Crippen molar-refractivity contribution in [3.63, 3.8) is 0 Å². The Morgan fingerprint density at radius 1 is 1.54 bits per heavy atom. The molecule has 1 aliphatic carbocycles. The highest BCUT2D eigenvalue weighted by Gasteiger charge is 2.28. The second-order valence-electron chi connectivity index (χ2n) is 3.06. The first-order chi connectivity index (χ1) is 6.15. The molecule has 2 atom stereocenters. The number of aliphatic carboxylic acids is 1. The van der Waals surface area contributed by atoms with Gasteiger partial charge in [0.25, 0.3) is 0 Å². The lowest BCUT2D eigenvalue weighted by Gasteiger charge is -2.19. The van der Waals surface area contributed by atoms with Gasteiger partial charge in [-0.3, -0.25) is 9.59 Å². The van der Waals surface area contributed by atoms with Crippen molar-refractivity contribution in [1.82, 2.24) is 0 Å². The second kappa shape index (κ2) is 4.07. The monoisotopic (exact) mass is 184 g/mol. The lowest BCUT2D eigenvalue weighted by molar-refractivity contribution is -0.146. The molecule has 0 radical (unpaired) electrons. The highest BCUT2D eigenvalue weighted by atomic mass is 16.5. The molecular formula is C9H12O4. The molecular weight excluding hydrogens is 172 g/mol. The number of allylic oxidation sites excluding steroid dienone is 1. The Balaban J connectivity index is 2.61. The summed E-state index contributed by atoms with van der Waals surface area (Å²) in [5, 5.41) is 8.72. The van der Waals surface area contributed by atoms with Gasteiger partial charge in [-0.25, -0.2) is 0 Å². The molecule has 0 spiro atoms. The maximum atomic E-state index is 11.1. The highest BCUT2D eigenvalue weighted by molar-refractivity contribution is 5.77. The van der Waals surface area contributed by atoms with Crippen LogP contribution in [-0.2, 0) is 14.3 Å². The average Bonchev–Trinajstić information content (AvgIpc) is 2.17. The quantitative estimate of drug-likeness (QED) is 0.510. The molecule has 0 saturated carbocycles. The molecule has 0 aliphatic heterocycles. The van der Waals surface area contributed by atoms with Gasteiger partial charge >= 0.3 is 11.9 Å². The molecule has 13 heavy (non-hydrogen) atoms. The lowest BCUT2D eigenvalue weighted by atomic mass is 9.87. The number of methoxy groups -OCH3 is 1. The molecule has 0 saturated heterocycles. The smallest absolute Gasteiger partial charge is 0.312 e. The van der Waals surface area contributed by atoms with Crippen LogP contribution >= 0.6 is 0 Å². The van der Waals surface area contributed by atoms with Gasteiger partial charge in [0, 0.05) is 0 Å². The maximum Gasteiger partial charge on any atom is 0.312 e. The summed E-state index contributed by atoms with van der Waals surface area (Å²) in [5.41, 5.74) is 0. The third-order valence-corrected chi connectivity index (χ3v) is 2.18. The molecule has 1 aliphatic rings. The topological polar surface area (TPSA) is 63.6 Å². The zero-order valence-corrected chi connectivity index (χ0v) is 7.40. The van der Waals surface area contributed by atoms with Crippen LogP contribution in [0, 0.1) is 11.8 Å². The van der Waals surface area contributed by atoms with Crippen LogP contribution in [0.4, 0.5) is 0 Å². The molecule has 0 amide bonds. The Bertz CT molecular complexity index is 244. The van der Waals surface area contributed by atoms with Crippen LogP contribution in [-0.4, -0.2) is 24.2 Å². The van der Waals surface area contributed by atoms with Crippen LogP contribution < -0.4 is 0 Å². The van der Waals surface area contributed by atoms with Crippen molar-refractivity contribution in [3.05, 3.63) is 12.2 Å². The molecule has 0 aromatic carbocycles. The average molecular weight is 184 g/mol. The summed E-state index contributed by atoms with van der Waals surface area (Å²) in [6.45, 7) is 0. The van der Waals surface area contributed by atoms with Gasteiger partial charge in [0.15, 0.2) is 0 Å². The van der Waals surface area contributed by atoms with E-state index in [1.54, 1.807) is 12.2 Å². The minimum Gasteiger partial charge on any atom is -0.481 e. The van der Waals surface area contributed by atoms with Crippen molar-refractivity contribution in [1.29, 1.82) is 0 Å². The van der Waals surface area contributed by atoms with Gasteiger partial charge in [-0.15, -0.1) is 0 Å². The standard InChI is InChI=1S/C9H12O4/c1-13-9(12)7-4-2-3-6(5-7)8(10)11/h2,4,6-7H,3,5H2,1H3,(H,10,11). The predicted octanol–water partition coefficient (Wildman–Crippen LogP) is 0.826. The fourth-order valence-electron chi connectivity index (χ4n) is 1.42. The molecule has 1 N–H and O–H groups in total. The summed E-state index contributed by atoms with van der Waals surface area (Å²) in [7, 11) is 1.31. The van der Waals surface area contributed by atoms with Gasteiger partial charge in [0.1, 0.15) is 0 Å². The van der Waals surface area contributed by atoms with E-state index in [4.69, 9.17) is 5.11 Å². The molecule has 0 aromatic rings. The van der Waals surface area contributed by atoms with E-state index in [2.05, 4.69) is 4.74 Å². The highest BCUT2D eigenvalue weighted by Crippen LogP contribution is 2.24. The van der Waals surface area contributed by atoms with E-state index in [9.17, 15) is 9.59 Å². The summed E-state index contributed by atoms with van der Waals surface area (Å²) >= 11 is 0. The molecule has 0 heterocycles. The predicted molar refractivity (Wildman–Crippen MR) is 45.0 cm³/mol. The number of carboxylic acids is 1. The number of esters is 1. The van der Waals surface area contributed by atoms with Crippen LogP contribution in [0.5, 0.6) is 0 Å². The normalized spacial score (nSPS) is 26.8. The zero-order chi connectivity index (χ0) is 9.84. The van der Waals surface area contributed by atoms with Crippen molar-refractivity contribution >= 4 is 11.9 Å². The van der Waals surface area contributed by atoms with Crippen molar-refractivity contribution in [2.45, 2.75) is 12.8 Å². The van der Waals surface area contributed by atoms with E-state index in [1.807, 2.05) is 0 Å². The first kappa shape index (κ1) is 9.77. The largest absolute Gasteiger partial charge is 0.481 e. The minimum atomic E-state index is -0.849. The molecule has 1 rings (SSSR count). The third kappa shape index (κ3) is 2.31. The molecule has 4 heteroatoms.